The summed E-state index contributed by atoms with van der Waals surface area (Å²) in [5, 5.41) is 12.4. The van der Waals surface area contributed by atoms with Gasteiger partial charge in [-0.1, -0.05) is 15.9 Å². The molecule has 2 aromatic rings. The minimum atomic E-state index is 0.548. The van der Waals surface area contributed by atoms with Crippen LogP contribution in [0.4, 0.5) is 11.5 Å². The van der Waals surface area contributed by atoms with Gasteiger partial charge in [-0.3, -0.25) is 0 Å². The molecule has 0 unspecified atom stereocenters. The van der Waals surface area contributed by atoms with Crippen molar-refractivity contribution >= 4 is 27.4 Å². The third kappa shape index (κ3) is 2.94. The van der Waals surface area contributed by atoms with E-state index in [1.54, 1.807) is 6.07 Å². The SMILES string of the molecule is Cc1ccc(C#N)c(Nc2c(C)cc(Br)cc2C)n1. The number of rotatable bonds is 2. The van der Waals surface area contributed by atoms with E-state index in [1.165, 1.54) is 0 Å². The number of nitrogens with one attached hydrogen (secondary N) is 1. The number of hydrogen-bond donors (Lipinski definition) is 1. The second-order valence-electron chi connectivity index (χ2n) is 4.50. The molecule has 0 bridgehead atoms. The fraction of sp³-hybridized carbons (Fsp3) is 0.200. The molecule has 0 fully saturated rings. The quantitative estimate of drug-likeness (QED) is 0.894. The number of hydrogen-bond acceptors (Lipinski definition) is 3. The molecule has 4 heteroatoms. The van der Waals surface area contributed by atoms with Crippen LogP contribution < -0.4 is 5.32 Å². The summed E-state index contributed by atoms with van der Waals surface area (Å²) < 4.78 is 1.05. The number of halogens is 1. The van der Waals surface area contributed by atoms with E-state index in [-0.39, 0.29) is 0 Å². The predicted octanol–water partition coefficient (Wildman–Crippen LogP) is 4.38. The number of anilines is 2. The van der Waals surface area contributed by atoms with Gasteiger partial charge in [0.1, 0.15) is 11.9 Å². The molecule has 0 aliphatic heterocycles. The van der Waals surface area contributed by atoms with Gasteiger partial charge in [0.25, 0.3) is 0 Å². The lowest BCUT2D eigenvalue weighted by Gasteiger charge is -2.14. The molecule has 2 rings (SSSR count). The first-order chi connectivity index (χ1) is 9.01. The summed E-state index contributed by atoms with van der Waals surface area (Å²) in [6.45, 7) is 5.97. The minimum Gasteiger partial charge on any atom is -0.339 e. The van der Waals surface area contributed by atoms with Gasteiger partial charge >= 0.3 is 0 Å². The van der Waals surface area contributed by atoms with E-state index >= 15 is 0 Å². The molecule has 3 nitrogen and oxygen atoms in total. The Labute approximate surface area is 121 Å². The maximum absolute atomic E-state index is 9.13. The van der Waals surface area contributed by atoms with E-state index in [0.29, 0.717) is 11.4 Å². The Morgan fingerprint density at radius 2 is 1.79 bits per heavy atom. The zero-order valence-electron chi connectivity index (χ0n) is 11.1. The van der Waals surface area contributed by atoms with Gasteiger partial charge in [0.2, 0.25) is 0 Å². The lowest BCUT2D eigenvalue weighted by Crippen LogP contribution is -2.01. The molecule has 0 amide bonds. The van der Waals surface area contributed by atoms with Gasteiger partial charge < -0.3 is 5.32 Å². The number of aromatic nitrogens is 1. The van der Waals surface area contributed by atoms with Gasteiger partial charge in [-0.25, -0.2) is 4.98 Å². The maximum Gasteiger partial charge on any atom is 0.148 e. The highest BCUT2D eigenvalue weighted by atomic mass is 79.9. The molecular formula is C15H14BrN3. The molecule has 1 aromatic carbocycles. The Kier molecular flexibility index (Phi) is 3.87. The third-order valence-electron chi connectivity index (χ3n) is 2.90. The van der Waals surface area contributed by atoms with Crippen molar-refractivity contribution in [1.29, 1.82) is 5.26 Å². The smallest absolute Gasteiger partial charge is 0.148 e. The molecule has 19 heavy (non-hydrogen) atoms. The van der Waals surface area contributed by atoms with Crippen molar-refractivity contribution in [3.05, 3.63) is 51.1 Å². The molecule has 0 atom stereocenters. The lowest BCUT2D eigenvalue weighted by molar-refractivity contribution is 1.18. The molecule has 0 aliphatic rings. The number of benzene rings is 1. The zero-order valence-corrected chi connectivity index (χ0v) is 12.7. The highest BCUT2D eigenvalue weighted by Crippen LogP contribution is 2.28. The molecule has 1 aromatic heterocycles. The van der Waals surface area contributed by atoms with Gasteiger partial charge in [-0.15, -0.1) is 0 Å². The standard InChI is InChI=1S/C15H14BrN3/c1-9-6-13(16)7-10(2)14(9)19-15-12(8-17)5-4-11(3)18-15/h4-7H,1-3H3,(H,18,19). The van der Waals surface area contributed by atoms with Crippen LogP contribution in [0.5, 0.6) is 0 Å². The summed E-state index contributed by atoms with van der Waals surface area (Å²) in [7, 11) is 0. The third-order valence-corrected chi connectivity index (χ3v) is 3.35. The Morgan fingerprint density at radius 3 is 2.37 bits per heavy atom. The van der Waals surface area contributed by atoms with Crippen LogP contribution in [0.2, 0.25) is 0 Å². The van der Waals surface area contributed by atoms with Crippen molar-refractivity contribution < 1.29 is 0 Å². The van der Waals surface area contributed by atoms with E-state index in [9.17, 15) is 0 Å². The zero-order chi connectivity index (χ0) is 14.0. The Morgan fingerprint density at radius 1 is 1.16 bits per heavy atom. The van der Waals surface area contributed by atoms with Crippen LogP contribution in [0.15, 0.2) is 28.7 Å². The first kappa shape index (κ1) is 13.6. The van der Waals surface area contributed by atoms with Crippen molar-refractivity contribution in [2.45, 2.75) is 20.8 Å². The number of aryl methyl sites for hydroxylation is 3. The number of pyridine rings is 1. The van der Waals surface area contributed by atoms with Crippen molar-refractivity contribution in [2.75, 3.05) is 5.32 Å². The average molecular weight is 316 g/mol. The van der Waals surface area contributed by atoms with Crippen molar-refractivity contribution in [1.82, 2.24) is 4.98 Å². The van der Waals surface area contributed by atoms with E-state index in [2.05, 4.69) is 32.3 Å². The molecule has 1 N–H and O–H groups in total. The summed E-state index contributed by atoms with van der Waals surface area (Å²) in [5.74, 6) is 0.607. The van der Waals surface area contributed by atoms with Crippen LogP contribution in [0.25, 0.3) is 0 Å². The van der Waals surface area contributed by atoms with Gasteiger partial charge in [0.15, 0.2) is 0 Å². The monoisotopic (exact) mass is 315 g/mol. The second-order valence-corrected chi connectivity index (χ2v) is 5.42. The highest BCUT2D eigenvalue weighted by molar-refractivity contribution is 9.10. The van der Waals surface area contributed by atoms with Crippen LogP contribution in [-0.4, -0.2) is 4.98 Å². The van der Waals surface area contributed by atoms with E-state index in [1.807, 2.05) is 39.0 Å². The van der Waals surface area contributed by atoms with Gasteiger partial charge in [-0.05, 0) is 56.2 Å². The maximum atomic E-state index is 9.13. The topological polar surface area (TPSA) is 48.7 Å². The minimum absolute atomic E-state index is 0.548. The van der Waals surface area contributed by atoms with E-state index < -0.39 is 0 Å². The summed E-state index contributed by atoms with van der Waals surface area (Å²) in [4.78, 5) is 4.40. The summed E-state index contributed by atoms with van der Waals surface area (Å²) in [6, 6.07) is 9.86. The number of nitriles is 1. The van der Waals surface area contributed by atoms with Crippen molar-refractivity contribution in [3.8, 4) is 6.07 Å². The molecular weight excluding hydrogens is 302 g/mol. The molecule has 0 spiro atoms. The summed E-state index contributed by atoms with van der Waals surface area (Å²) in [6.07, 6.45) is 0. The van der Waals surface area contributed by atoms with Crippen LogP contribution >= 0.6 is 15.9 Å². The highest BCUT2D eigenvalue weighted by Gasteiger charge is 2.09. The van der Waals surface area contributed by atoms with Crippen LogP contribution in [-0.2, 0) is 0 Å². The molecule has 0 saturated carbocycles. The average Bonchev–Trinajstić information content (AvgIpc) is 2.34. The van der Waals surface area contributed by atoms with Gasteiger partial charge in [-0.2, -0.15) is 5.26 Å². The fourth-order valence-electron chi connectivity index (χ4n) is 1.97. The largest absolute Gasteiger partial charge is 0.339 e. The second kappa shape index (κ2) is 5.41. The normalized spacial score (nSPS) is 10.1. The molecule has 0 aliphatic carbocycles. The lowest BCUT2D eigenvalue weighted by atomic mass is 10.1. The Hall–Kier alpha value is -1.86. The predicted molar refractivity (Wildman–Crippen MR) is 80.6 cm³/mol. The Balaban J connectivity index is 2.48. The van der Waals surface area contributed by atoms with E-state index in [4.69, 9.17) is 5.26 Å². The fourth-order valence-corrected chi connectivity index (χ4v) is 2.66. The van der Waals surface area contributed by atoms with Gasteiger partial charge in [0.05, 0.1) is 5.56 Å². The molecule has 1 heterocycles. The molecule has 96 valence electrons. The van der Waals surface area contributed by atoms with Crippen molar-refractivity contribution in [2.24, 2.45) is 0 Å². The van der Waals surface area contributed by atoms with Crippen LogP contribution in [0.3, 0.4) is 0 Å². The van der Waals surface area contributed by atoms with E-state index in [0.717, 1.165) is 27.0 Å². The summed E-state index contributed by atoms with van der Waals surface area (Å²) in [5.41, 5.74) is 4.65. The first-order valence-electron chi connectivity index (χ1n) is 5.93. The molecule has 0 saturated heterocycles. The van der Waals surface area contributed by atoms with Crippen molar-refractivity contribution in [3.63, 3.8) is 0 Å². The van der Waals surface area contributed by atoms with Gasteiger partial charge in [0, 0.05) is 15.9 Å². The first-order valence-corrected chi connectivity index (χ1v) is 6.72. The van der Waals surface area contributed by atoms with Crippen LogP contribution in [0.1, 0.15) is 22.4 Å². The Bertz CT molecular complexity index is 649. The molecule has 0 radical (unpaired) electrons. The van der Waals surface area contributed by atoms with Crippen LogP contribution in [0, 0.1) is 32.1 Å². The summed E-state index contributed by atoms with van der Waals surface area (Å²) >= 11 is 3.48. The number of nitrogens with zero attached hydrogens (tertiary/aromatic N) is 2.